The molecule has 0 unspecified atom stereocenters. The normalized spacial score (nSPS) is 10.3. The van der Waals surface area contributed by atoms with E-state index in [-0.39, 0.29) is 0 Å². The van der Waals surface area contributed by atoms with Gasteiger partial charge in [-0.3, -0.25) is 0 Å². The maximum Gasteiger partial charge on any atom is 0.107 e. The Morgan fingerprint density at radius 1 is 1.50 bits per heavy atom. The molecule has 4 heteroatoms. The summed E-state index contributed by atoms with van der Waals surface area (Å²) in [6.07, 6.45) is 3.54. The van der Waals surface area contributed by atoms with E-state index in [0.29, 0.717) is 4.99 Å². The fraction of sp³-hybridized carbons (Fsp3) is 0. The molecule has 0 aliphatic heterocycles. The standard InChI is InChI=1S/C8H7N3S/c9-8(12)6-5-10-11-4-2-1-3-7(6)11/h1-5H,(H2,9,12). The second-order valence-corrected chi connectivity index (χ2v) is 2.89. The molecule has 60 valence electrons. The fourth-order valence-corrected chi connectivity index (χ4v) is 1.28. The van der Waals surface area contributed by atoms with Crippen LogP contribution in [-0.4, -0.2) is 14.6 Å². The second-order valence-electron chi connectivity index (χ2n) is 2.45. The summed E-state index contributed by atoms with van der Waals surface area (Å²) >= 11 is 4.87. The molecule has 0 radical (unpaired) electrons. The van der Waals surface area contributed by atoms with Gasteiger partial charge in [-0.1, -0.05) is 18.3 Å². The van der Waals surface area contributed by atoms with Gasteiger partial charge in [0.25, 0.3) is 0 Å². The van der Waals surface area contributed by atoms with Gasteiger partial charge in [-0.2, -0.15) is 5.10 Å². The summed E-state index contributed by atoms with van der Waals surface area (Å²) < 4.78 is 1.74. The van der Waals surface area contributed by atoms with Crippen molar-refractivity contribution in [3.05, 3.63) is 36.2 Å². The lowest BCUT2D eigenvalue weighted by Gasteiger charge is -1.93. The summed E-state index contributed by atoms with van der Waals surface area (Å²) in [6, 6.07) is 5.77. The molecule has 0 saturated heterocycles. The van der Waals surface area contributed by atoms with Crippen molar-refractivity contribution in [3.8, 4) is 0 Å². The van der Waals surface area contributed by atoms with Crippen LogP contribution in [0.5, 0.6) is 0 Å². The van der Waals surface area contributed by atoms with Crippen LogP contribution in [0.25, 0.3) is 5.52 Å². The van der Waals surface area contributed by atoms with E-state index < -0.39 is 0 Å². The highest BCUT2D eigenvalue weighted by Gasteiger charge is 2.03. The van der Waals surface area contributed by atoms with Gasteiger partial charge in [0.15, 0.2) is 0 Å². The van der Waals surface area contributed by atoms with Gasteiger partial charge >= 0.3 is 0 Å². The van der Waals surface area contributed by atoms with Crippen molar-refractivity contribution >= 4 is 22.7 Å². The Hall–Kier alpha value is -1.42. The molecule has 0 aliphatic carbocycles. The van der Waals surface area contributed by atoms with Crippen LogP contribution in [0.3, 0.4) is 0 Å². The van der Waals surface area contributed by atoms with E-state index in [0.717, 1.165) is 11.1 Å². The fourth-order valence-electron chi connectivity index (χ4n) is 1.12. The number of rotatable bonds is 1. The Balaban J connectivity index is 2.79. The first-order valence-electron chi connectivity index (χ1n) is 3.51. The van der Waals surface area contributed by atoms with E-state index in [4.69, 9.17) is 18.0 Å². The maximum absolute atomic E-state index is 5.50. The molecule has 2 heterocycles. The SMILES string of the molecule is NC(=S)c1cnn2ccccc12. The quantitative estimate of drug-likeness (QED) is 0.660. The summed E-state index contributed by atoms with van der Waals surface area (Å²) in [6.45, 7) is 0. The van der Waals surface area contributed by atoms with Gasteiger partial charge < -0.3 is 5.73 Å². The van der Waals surface area contributed by atoms with E-state index in [9.17, 15) is 0 Å². The summed E-state index contributed by atoms with van der Waals surface area (Å²) in [4.78, 5) is 0.385. The van der Waals surface area contributed by atoms with Crippen LogP contribution < -0.4 is 5.73 Å². The molecule has 2 aromatic rings. The summed E-state index contributed by atoms with van der Waals surface area (Å²) in [5.41, 5.74) is 7.28. The van der Waals surface area contributed by atoms with Crippen molar-refractivity contribution in [1.82, 2.24) is 9.61 Å². The highest BCUT2D eigenvalue weighted by atomic mass is 32.1. The first kappa shape index (κ1) is 7.24. The number of fused-ring (bicyclic) bond motifs is 1. The number of aromatic nitrogens is 2. The zero-order chi connectivity index (χ0) is 8.55. The number of nitrogens with two attached hydrogens (primary N) is 1. The lowest BCUT2D eigenvalue weighted by atomic mass is 10.3. The highest BCUT2D eigenvalue weighted by Crippen LogP contribution is 2.08. The summed E-state index contributed by atoms with van der Waals surface area (Å²) in [5, 5.41) is 4.09. The molecule has 0 aromatic carbocycles. The van der Waals surface area contributed by atoms with Crippen LogP contribution in [0, 0.1) is 0 Å². The smallest absolute Gasteiger partial charge is 0.107 e. The monoisotopic (exact) mass is 177 g/mol. The number of hydrogen-bond acceptors (Lipinski definition) is 2. The lowest BCUT2D eigenvalue weighted by molar-refractivity contribution is 0.961. The number of thiocarbonyl (C=S) groups is 1. The van der Waals surface area contributed by atoms with Crippen molar-refractivity contribution in [2.24, 2.45) is 5.73 Å². The molecular weight excluding hydrogens is 170 g/mol. The van der Waals surface area contributed by atoms with Gasteiger partial charge in [0.1, 0.15) is 4.99 Å². The van der Waals surface area contributed by atoms with E-state index in [1.165, 1.54) is 0 Å². The lowest BCUT2D eigenvalue weighted by Crippen LogP contribution is -2.08. The first-order chi connectivity index (χ1) is 5.79. The predicted octanol–water partition coefficient (Wildman–Crippen LogP) is 0.969. The Bertz CT molecular complexity index is 433. The molecular formula is C8H7N3S. The molecule has 0 saturated carbocycles. The molecule has 2 rings (SSSR count). The van der Waals surface area contributed by atoms with Gasteiger partial charge in [-0.05, 0) is 12.1 Å². The average Bonchev–Trinajstić information content (AvgIpc) is 2.47. The van der Waals surface area contributed by atoms with E-state index in [2.05, 4.69) is 5.10 Å². The van der Waals surface area contributed by atoms with Crippen LogP contribution in [0.2, 0.25) is 0 Å². The van der Waals surface area contributed by atoms with Crippen LogP contribution in [0.15, 0.2) is 30.6 Å². The third-order valence-electron chi connectivity index (χ3n) is 1.69. The van der Waals surface area contributed by atoms with Crippen molar-refractivity contribution in [2.75, 3.05) is 0 Å². The minimum Gasteiger partial charge on any atom is -0.389 e. The molecule has 0 spiro atoms. The Kier molecular flexibility index (Phi) is 1.55. The number of pyridine rings is 1. The maximum atomic E-state index is 5.50. The highest BCUT2D eigenvalue weighted by molar-refractivity contribution is 7.80. The van der Waals surface area contributed by atoms with Gasteiger partial charge in [-0.25, -0.2) is 4.52 Å². The Morgan fingerprint density at radius 3 is 3.08 bits per heavy atom. The number of hydrogen-bond donors (Lipinski definition) is 1. The Morgan fingerprint density at radius 2 is 2.33 bits per heavy atom. The minimum atomic E-state index is 0.385. The molecule has 0 amide bonds. The molecule has 0 bridgehead atoms. The third-order valence-corrected chi connectivity index (χ3v) is 1.91. The molecule has 0 fully saturated rings. The Labute approximate surface area is 74.8 Å². The molecule has 2 N–H and O–H groups in total. The number of nitrogens with zero attached hydrogens (tertiary/aromatic N) is 2. The van der Waals surface area contributed by atoms with E-state index in [1.54, 1.807) is 10.7 Å². The van der Waals surface area contributed by atoms with Crippen molar-refractivity contribution in [2.45, 2.75) is 0 Å². The summed E-state index contributed by atoms with van der Waals surface area (Å²) in [7, 11) is 0. The topological polar surface area (TPSA) is 43.3 Å². The van der Waals surface area contributed by atoms with Crippen molar-refractivity contribution in [1.29, 1.82) is 0 Å². The zero-order valence-corrected chi connectivity index (χ0v) is 7.08. The third kappa shape index (κ3) is 0.967. The summed E-state index contributed by atoms with van der Waals surface area (Å²) in [5.74, 6) is 0. The predicted molar refractivity (Wildman–Crippen MR) is 51.1 cm³/mol. The van der Waals surface area contributed by atoms with E-state index >= 15 is 0 Å². The van der Waals surface area contributed by atoms with Crippen LogP contribution in [0.1, 0.15) is 5.56 Å². The van der Waals surface area contributed by atoms with Gasteiger partial charge in [0, 0.05) is 6.20 Å². The first-order valence-corrected chi connectivity index (χ1v) is 3.92. The van der Waals surface area contributed by atoms with Gasteiger partial charge in [0.2, 0.25) is 0 Å². The van der Waals surface area contributed by atoms with Gasteiger partial charge in [-0.15, -0.1) is 0 Å². The van der Waals surface area contributed by atoms with Crippen LogP contribution >= 0.6 is 12.2 Å². The van der Waals surface area contributed by atoms with Crippen molar-refractivity contribution in [3.63, 3.8) is 0 Å². The molecule has 0 aliphatic rings. The average molecular weight is 177 g/mol. The second kappa shape index (κ2) is 2.57. The largest absolute Gasteiger partial charge is 0.389 e. The van der Waals surface area contributed by atoms with Crippen LogP contribution in [-0.2, 0) is 0 Å². The zero-order valence-electron chi connectivity index (χ0n) is 6.27. The molecule has 2 aromatic heterocycles. The molecule has 12 heavy (non-hydrogen) atoms. The molecule has 0 atom stereocenters. The molecule has 3 nitrogen and oxygen atoms in total. The van der Waals surface area contributed by atoms with E-state index in [1.807, 2.05) is 24.4 Å². The van der Waals surface area contributed by atoms with Crippen LogP contribution in [0.4, 0.5) is 0 Å². The minimum absolute atomic E-state index is 0.385. The van der Waals surface area contributed by atoms with Crippen molar-refractivity contribution < 1.29 is 0 Å². The van der Waals surface area contributed by atoms with Gasteiger partial charge in [0.05, 0.1) is 17.3 Å².